The molecule has 1 unspecified atom stereocenters. The van der Waals surface area contributed by atoms with Crippen molar-refractivity contribution < 1.29 is 4.39 Å². The van der Waals surface area contributed by atoms with Gasteiger partial charge in [0, 0.05) is 24.6 Å². The fourth-order valence-corrected chi connectivity index (χ4v) is 2.55. The predicted molar refractivity (Wildman–Crippen MR) is 70.0 cm³/mol. The van der Waals surface area contributed by atoms with Crippen LogP contribution in [0.3, 0.4) is 0 Å². The van der Waals surface area contributed by atoms with Crippen LogP contribution in [0.2, 0.25) is 0 Å². The van der Waals surface area contributed by atoms with E-state index in [0.29, 0.717) is 12.6 Å². The van der Waals surface area contributed by atoms with E-state index < -0.39 is 0 Å². The molecular formula is C14H18FN3. The third kappa shape index (κ3) is 1.81. The number of fused-ring (bicyclic) bond motifs is 1. The Labute approximate surface area is 106 Å². The normalized spacial score (nSPS) is 17.3. The maximum Gasteiger partial charge on any atom is 0.125 e. The molecule has 0 radical (unpaired) electrons. The maximum atomic E-state index is 13.3. The van der Waals surface area contributed by atoms with Crippen LogP contribution in [0.5, 0.6) is 0 Å². The molecule has 1 fully saturated rings. The summed E-state index contributed by atoms with van der Waals surface area (Å²) in [5, 5.41) is 0. The van der Waals surface area contributed by atoms with Crippen LogP contribution in [-0.2, 0) is 0 Å². The Morgan fingerprint density at radius 2 is 2.28 bits per heavy atom. The van der Waals surface area contributed by atoms with Crippen molar-refractivity contribution in [2.45, 2.75) is 38.1 Å². The van der Waals surface area contributed by atoms with Crippen molar-refractivity contribution in [3.05, 3.63) is 29.8 Å². The van der Waals surface area contributed by atoms with Crippen LogP contribution in [-0.4, -0.2) is 16.1 Å². The molecule has 1 aromatic carbocycles. The van der Waals surface area contributed by atoms with Gasteiger partial charge in [-0.15, -0.1) is 0 Å². The molecule has 2 N–H and O–H groups in total. The zero-order valence-electron chi connectivity index (χ0n) is 10.6. The van der Waals surface area contributed by atoms with Crippen LogP contribution in [0, 0.1) is 5.82 Å². The van der Waals surface area contributed by atoms with Crippen LogP contribution in [0.4, 0.5) is 4.39 Å². The van der Waals surface area contributed by atoms with Crippen LogP contribution >= 0.6 is 0 Å². The van der Waals surface area contributed by atoms with E-state index >= 15 is 0 Å². The summed E-state index contributed by atoms with van der Waals surface area (Å²) in [4.78, 5) is 4.62. The summed E-state index contributed by atoms with van der Waals surface area (Å²) in [6.07, 6.45) is 3.35. The van der Waals surface area contributed by atoms with E-state index in [-0.39, 0.29) is 11.7 Å². The molecule has 0 saturated heterocycles. The Morgan fingerprint density at radius 3 is 2.89 bits per heavy atom. The number of imidazole rings is 1. The molecule has 1 aliphatic carbocycles. The summed E-state index contributed by atoms with van der Waals surface area (Å²) >= 11 is 0. The highest BCUT2D eigenvalue weighted by molar-refractivity contribution is 5.76. The average Bonchev–Trinajstić information content (AvgIpc) is 3.13. The van der Waals surface area contributed by atoms with Gasteiger partial charge in [-0.3, -0.25) is 0 Å². The van der Waals surface area contributed by atoms with Gasteiger partial charge in [-0.25, -0.2) is 9.37 Å². The number of aromatic nitrogens is 2. The number of benzene rings is 1. The van der Waals surface area contributed by atoms with E-state index in [1.807, 2.05) is 6.07 Å². The zero-order valence-corrected chi connectivity index (χ0v) is 10.6. The van der Waals surface area contributed by atoms with Crippen LogP contribution in [0.15, 0.2) is 18.2 Å². The molecule has 0 bridgehead atoms. The van der Waals surface area contributed by atoms with Crippen molar-refractivity contribution in [1.29, 1.82) is 0 Å². The van der Waals surface area contributed by atoms with Gasteiger partial charge in [-0.05, 0) is 31.4 Å². The number of hydrogen-bond donors (Lipinski definition) is 1. The molecule has 1 saturated carbocycles. The van der Waals surface area contributed by atoms with Gasteiger partial charge in [0.15, 0.2) is 0 Å². The predicted octanol–water partition coefficient (Wildman–Crippen LogP) is 2.96. The molecule has 96 valence electrons. The summed E-state index contributed by atoms with van der Waals surface area (Å²) in [6, 6.07) is 5.40. The van der Waals surface area contributed by atoms with Gasteiger partial charge >= 0.3 is 0 Å². The Kier molecular flexibility index (Phi) is 2.82. The molecule has 1 aromatic heterocycles. The largest absolute Gasteiger partial charge is 0.330 e. The highest BCUT2D eigenvalue weighted by Gasteiger charge is 2.30. The molecule has 1 aliphatic rings. The van der Waals surface area contributed by atoms with Gasteiger partial charge in [0.05, 0.1) is 11.0 Å². The lowest BCUT2D eigenvalue weighted by atomic mass is 10.1. The van der Waals surface area contributed by atoms with Gasteiger partial charge in [0.25, 0.3) is 0 Å². The first-order valence-electron chi connectivity index (χ1n) is 6.62. The van der Waals surface area contributed by atoms with Crippen molar-refractivity contribution in [2.24, 2.45) is 5.73 Å². The molecule has 18 heavy (non-hydrogen) atoms. The van der Waals surface area contributed by atoms with E-state index in [0.717, 1.165) is 23.3 Å². The number of rotatable bonds is 4. The number of hydrogen-bond acceptors (Lipinski definition) is 2. The monoisotopic (exact) mass is 247 g/mol. The fraction of sp³-hybridized carbons (Fsp3) is 0.500. The van der Waals surface area contributed by atoms with Crippen LogP contribution in [0.1, 0.15) is 44.0 Å². The minimum absolute atomic E-state index is 0.227. The summed E-state index contributed by atoms with van der Waals surface area (Å²) < 4.78 is 15.6. The Hall–Kier alpha value is -1.42. The smallest absolute Gasteiger partial charge is 0.125 e. The minimum Gasteiger partial charge on any atom is -0.330 e. The second-order valence-electron chi connectivity index (χ2n) is 5.05. The van der Waals surface area contributed by atoms with E-state index in [9.17, 15) is 4.39 Å². The molecular weight excluding hydrogens is 229 g/mol. The Morgan fingerprint density at radius 1 is 1.50 bits per heavy atom. The highest BCUT2D eigenvalue weighted by Crippen LogP contribution is 2.40. The lowest BCUT2D eigenvalue weighted by molar-refractivity contribution is 0.580. The third-order valence-electron chi connectivity index (χ3n) is 3.73. The van der Waals surface area contributed by atoms with Crippen molar-refractivity contribution in [2.75, 3.05) is 6.54 Å². The molecule has 1 atom stereocenters. The first-order valence-corrected chi connectivity index (χ1v) is 6.62. The standard InChI is InChI=1S/C14H18FN3/c1-2-9(8-16)14-17-12-7-10(15)3-6-13(12)18(14)11-4-5-11/h3,6-7,9,11H,2,4-5,8,16H2,1H3. The first-order chi connectivity index (χ1) is 8.74. The number of nitrogens with two attached hydrogens (primary N) is 1. The summed E-state index contributed by atoms with van der Waals surface area (Å²) in [7, 11) is 0. The van der Waals surface area contributed by atoms with Gasteiger partial charge in [0.1, 0.15) is 11.6 Å². The molecule has 3 nitrogen and oxygen atoms in total. The Bertz CT molecular complexity index is 568. The Balaban J connectivity index is 2.19. The maximum absolute atomic E-state index is 13.3. The topological polar surface area (TPSA) is 43.8 Å². The molecule has 2 aromatic rings. The van der Waals surface area contributed by atoms with E-state index in [1.54, 1.807) is 0 Å². The highest BCUT2D eigenvalue weighted by atomic mass is 19.1. The number of nitrogens with zero attached hydrogens (tertiary/aromatic N) is 2. The van der Waals surface area contributed by atoms with Gasteiger partial charge in [-0.1, -0.05) is 6.92 Å². The lowest BCUT2D eigenvalue weighted by Gasteiger charge is -2.14. The average molecular weight is 247 g/mol. The molecule has 0 aliphatic heterocycles. The van der Waals surface area contributed by atoms with E-state index in [4.69, 9.17) is 5.73 Å². The molecule has 0 spiro atoms. The van der Waals surface area contributed by atoms with Crippen molar-refractivity contribution in [1.82, 2.24) is 9.55 Å². The summed E-state index contributed by atoms with van der Waals surface area (Å²) in [5.41, 5.74) is 7.63. The molecule has 0 amide bonds. The second-order valence-corrected chi connectivity index (χ2v) is 5.05. The minimum atomic E-state index is -0.227. The van der Waals surface area contributed by atoms with Crippen molar-refractivity contribution in [3.8, 4) is 0 Å². The first kappa shape index (κ1) is 11.7. The molecule has 1 heterocycles. The van der Waals surface area contributed by atoms with Crippen LogP contribution in [0.25, 0.3) is 11.0 Å². The van der Waals surface area contributed by atoms with E-state index in [2.05, 4.69) is 16.5 Å². The lowest BCUT2D eigenvalue weighted by Crippen LogP contribution is -2.16. The summed E-state index contributed by atoms with van der Waals surface area (Å²) in [5.74, 6) is 1.07. The third-order valence-corrected chi connectivity index (χ3v) is 3.73. The van der Waals surface area contributed by atoms with Crippen molar-refractivity contribution in [3.63, 3.8) is 0 Å². The quantitative estimate of drug-likeness (QED) is 0.902. The van der Waals surface area contributed by atoms with Gasteiger partial charge in [-0.2, -0.15) is 0 Å². The second kappa shape index (κ2) is 4.35. The van der Waals surface area contributed by atoms with Gasteiger partial charge in [0.2, 0.25) is 0 Å². The fourth-order valence-electron chi connectivity index (χ4n) is 2.55. The SMILES string of the molecule is CCC(CN)c1nc2cc(F)ccc2n1C1CC1. The number of halogens is 1. The molecule has 4 heteroatoms. The summed E-state index contributed by atoms with van der Waals surface area (Å²) in [6.45, 7) is 2.71. The van der Waals surface area contributed by atoms with Gasteiger partial charge < -0.3 is 10.3 Å². The molecule has 3 rings (SSSR count). The van der Waals surface area contributed by atoms with Crippen LogP contribution < -0.4 is 5.73 Å². The zero-order chi connectivity index (χ0) is 12.7. The van der Waals surface area contributed by atoms with E-state index in [1.165, 1.54) is 25.0 Å². The van der Waals surface area contributed by atoms with Crippen molar-refractivity contribution >= 4 is 11.0 Å².